The van der Waals surface area contributed by atoms with Crippen LogP contribution in [0.2, 0.25) is 0 Å². The second-order valence-electron chi connectivity index (χ2n) is 4.50. The Morgan fingerprint density at radius 3 is 2.58 bits per heavy atom. The van der Waals surface area contributed by atoms with Crippen molar-refractivity contribution in [1.82, 2.24) is 0 Å². The van der Waals surface area contributed by atoms with Gasteiger partial charge in [0.2, 0.25) is 0 Å². The number of carbonyl (C=O) groups excluding carboxylic acids is 1. The maximum atomic E-state index is 12.1. The van der Waals surface area contributed by atoms with Gasteiger partial charge in [0.05, 0.1) is 0 Å². The lowest BCUT2D eigenvalue weighted by Crippen LogP contribution is -2.67. The van der Waals surface area contributed by atoms with Crippen molar-refractivity contribution in [2.45, 2.75) is 18.6 Å². The van der Waals surface area contributed by atoms with Crippen LogP contribution in [-0.4, -0.2) is 25.7 Å². The predicted octanol–water partition coefficient (Wildman–Crippen LogP) is 1.04. The molecule has 1 aromatic rings. The summed E-state index contributed by atoms with van der Waals surface area (Å²) < 4.78 is 28.6. The Morgan fingerprint density at radius 2 is 2.00 bits per heavy atom. The normalized spacial score (nSPS) is 19.4. The van der Waals surface area contributed by atoms with Gasteiger partial charge in [0.1, 0.15) is 17.5 Å². The van der Waals surface area contributed by atoms with Gasteiger partial charge in [-0.25, -0.2) is 12.7 Å². The summed E-state index contributed by atoms with van der Waals surface area (Å²) in [5.74, 6) is -0.322. The summed E-state index contributed by atoms with van der Waals surface area (Å²) in [7, 11) is -3.73. The number of nitrogens with zero attached hydrogens (tertiary/aromatic N) is 2. The highest BCUT2D eigenvalue weighted by Crippen LogP contribution is 2.42. The molecule has 0 aliphatic carbocycles. The average molecular weight is 280 g/mol. The number of para-hydroxylation sites is 2. The Labute approximate surface area is 111 Å². The summed E-state index contributed by atoms with van der Waals surface area (Å²) in [5, 5.41) is 8.49. The first-order chi connectivity index (χ1) is 8.84. The van der Waals surface area contributed by atoms with E-state index in [0.29, 0.717) is 0 Å². The smallest absolute Gasteiger partial charge is 0.263 e. The summed E-state index contributed by atoms with van der Waals surface area (Å²) in [4.78, 5) is 12.0. The molecule has 0 atom stereocenters. The van der Waals surface area contributed by atoms with Crippen LogP contribution in [0.25, 0.3) is 0 Å². The van der Waals surface area contributed by atoms with Crippen LogP contribution in [0, 0.1) is 11.3 Å². The number of rotatable bonds is 3. The van der Waals surface area contributed by atoms with Gasteiger partial charge in [-0.2, -0.15) is 5.26 Å². The van der Waals surface area contributed by atoms with Gasteiger partial charge in [0.15, 0.2) is 11.4 Å². The van der Waals surface area contributed by atoms with Gasteiger partial charge in [-0.3, -0.25) is 4.79 Å². The van der Waals surface area contributed by atoms with Crippen molar-refractivity contribution >= 4 is 21.6 Å². The Kier molecular flexibility index (Phi) is 2.98. The zero-order valence-corrected chi connectivity index (χ0v) is 11.3. The predicted molar refractivity (Wildman–Crippen MR) is 68.0 cm³/mol. The molecule has 6 nitrogen and oxygen atoms in total. The van der Waals surface area contributed by atoms with Gasteiger partial charge in [-0.1, -0.05) is 12.1 Å². The zero-order chi connectivity index (χ0) is 14.3. The summed E-state index contributed by atoms with van der Waals surface area (Å²) in [6, 6.07) is 8.01. The van der Waals surface area contributed by atoms with Crippen molar-refractivity contribution in [3.8, 4) is 11.8 Å². The van der Waals surface area contributed by atoms with E-state index in [1.165, 1.54) is 26.0 Å². The second kappa shape index (κ2) is 4.24. The third kappa shape index (κ3) is 1.76. The first-order valence-corrected chi connectivity index (χ1v) is 6.96. The quantitative estimate of drug-likeness (QED) is 0.825. The Balaban J connectivity index is 2.45. The van der Waals surface area contributed by atoms with E-state index < -0.39 is 20.7 Å². The molecule has 0 radical (unpaired) electrons. The number of anilines is 1. The molecule has 100 valence electrons. The topological polar surface area (TPSA) is 87.5 Å². The summed E-state index contributed by atoms with van der Waals surface area (Å²) in [5.41, 5.74) is 0.141. The lowest BCUT2D eigenvalue weighted by Gasteiger charge is -2.43. The molecule has 2 rings (SSSR count). The minimum Gasteiger partial charge on any atom is -0.477 e. The van der Waals surface area contributed by atoms with Gasteiger partial charge in [-0.05, 0) is 26.0 Å². The maximum Gasteiger partial charge on any atom is 0.263 e. The van der Waals surface area contributed by atoms with Gasteiger partial charge in [0.25, 0.3) is 15.9 Å². The van der Waals surface area contributed by atoms with E-state index in [-0.39, 0.29) is 18.0 Å². The van der Waals surface area contributed by atoms with Crippen LogP contribution < -0.4 is 9.04 Å². The molecular weight excluding hydrogens is 268 g/mol. The van der Waals surface area contributed by atoms with Gasteiger partial charge >= 0.3 is 0 Å². The first kappa shape index (κ1) is 13.4. The fourth-order valence-electron chi connectivity index (χ4n) is 1.75. The van der Waals surface area contributed by atoms with Crippen LogP contribution >= 0.6 is 0 Å². The summed E-state index contributed by atoms with van der Waals surface area (Å²) >= 11 is 0. The number of sulfonamides is 1. The number of nitriles is 1. The minimum absolute atomic E-state index is 0.141. The molecule has 1 aromatic carbocycles. The highest BCUT2D eigenvalue weighted by atomic mass is 32.2. The Bertz CT molecular complexity index is 673. The molecule has 0 spiro atoms. The molecule has 7 heteroatoms. The molecule has 0 N–H and O–H groups in total. The van der Waals surface area contributed by atoms with Gasteiger partial charge < -0.3 is 4.74 Å². The van der Waals surface area contributed by atoms with Crippen LogP contribution in [0.1, 0.15) is 13.8 Å². The van der Waals surface area contributed by atoms with E-state index in [1.54, 1.807) is 18.2 Å². The maximum absolute atomic E-state index is 12.1. The summed E-state index contributed by atoms with van der Waals surface area (Å²) in [6.45, 7) is 2.50. The highest BCUT2D eigenvalue weighted by Gasteiger charge is 2.61. The third-order valence-electron chi connectivity index (χ3n) is 2.96. The molecule has 0 unspecified atom stereocenters. The van der Waals surface area contributed by atoms with Crippen molar-refractivity contribution in [3.63, 3.8) is 0 Å². The molecule has 0 aromatic heterocycles. The van der Waals surface area contributed by atoms with Crippen molar-refractivity contribution < 1.29 is 17.9 Å². The van der Waals surface area contributed by atoms with Crippen LogP contribution in [0.3, 0.4) is 0 Å². The summed E-state index contributed by atoms with van der Waals surface area (Å²) in [6.07, 6.45) is 0. The molecular formula is C12H12N2O4S. The van der Waals surface area contributed by atoms with E-state index in [4.69, 9.17) is 10.00 Å². The molecule has 1 saturated heterocycles. The molecule has 1 heterocycles. The largest absolute Gasteiger partial charge is 0.477 e. The number of ether oxygens (including phenoxy) is 1. The minimum atomic E-state index is -3.73. The molecule has 19 heavy (non-hydrogen) atoms. The highest BCUT2D eigenvalue weighted by molar-refractivity contribution is 7.98. The number of benzene rings is 1. The van der Waals surface area contributed by atoms with E-state index in [1.807, 2.05) is 0 Å². The fourth-order valence-corrected chi connectivity index (χ4v) is 3.24. The molecule has 1 fully saturated rings. The third-order valence-corrected chi connectivity index (χ3v) is 5.27. The molecule has 1 aliphatic rings. The van der Waals surface area contributed by atoms with Crippen molar-refractivity contribution in [2.24, 2.45) is 0 Å². The second-order valence-corrected chi connectivity index (χ2v) is 6.84. The SMILES string of the molecule is CC1(C)C(=O)N(c2ccccc2OCC#N)S1(=O)=O. The van der Waals surface area contributed by atoms with E-state index >= 15 is 0 Å². The zero-order valence-electron chi connectivity index (χ0n) is 10.5. The monoisotopic (exact) mass is 280 g/mol. The van der Waals surface area contributed by atoms with Gasteiger partial charge in [0, 0.05) is 0 Å². The lowest BCUT2D eigenvalue weighted by molar-refractivity contribution is -0.120. The van der Waals surface area contributed by atoms with Crippen molar-refractivity contribution in [1.29, 1.82) is 5.26 Å². The molecule has 1 aliphatic heterocycles. The van der Waals surface area contributed by atoms with Crippen molar-refractivity contribution in [3.05, 3.63) is 24.3 Å². The standard InChI is InChI=1S/C12H12N2O4S/c1-12(2)11(15)14(19(12,16)17)9-5-3-4-6-10(9)18-8-7-13/h3-6H,8H2,1-2H3. The van der Waals surface area contributed by atoms with E-state index in [2.05, 4.69) is 0 Å². The van der Waals surface area contributed by atoms with Crippen LogP contribution in [-0.2, 0) is 14.8 Å². The number of amides is 1. The Morgan fingerprint density at radius 1 is 1.37 bits per heavy atom. The van der Waals surface area contributed by atoms with E-state index in [0.717, 1.165) is 4.31 Å². The van der Waals surface area contributed by atoms with Crippen LogP contribution in [0.4, 0.5) is 5.69 Å². The number of carbonyl (C=O) groups is 1. The number of hydrogen-bond acceptors (Lipinski definition) is 5. The van der Waals surface area contributed by atoms with E-state index in [9.17, 15) is 13.2 Å². The Hall–Kier alpha value is -2.07. The molecule has 0 saturated carbocycles. The average Bonchev–Trinajstić information content (AvgIpc) is 2.37. The van der Waals surface area contributed by atoms with Crippen LogP contribution in [0.15, 0.2) is 24.3 Å². The fraction of sp³-hybridized carbons (Fsp3) is 0.333. The molecule has 0 bridgehead atoms. The molecule has 1 amide bonds. The number of hydrogen-bond donors (Lipinski definition) is 0. The lowest BCUT2D eigenvalue weighted by atomic mass is 10.1. The first-order valence-electron chi connectivity index (χ1n) is 5.52. The van der Waals surface area contributed by atoms with Gasteiger partial charge in [-0.15, -0.1) is 0 Å². The van der Waals surface area contributed by atoms with Crippen LogP contribution in [0.5, 0.6) is 5.75 Å². The van der Waals surface area contributed by atoms with Crippen molar-refractivity contribution in [2.75, 3.05) is 10.9 Å².